The van der Waals surface area contributed by atoms with Crippen molar-refractivity contribution in [3.05, 3.63) is 83.2 Å². The van der Waals surface area contributed by atoms with E-state index >= 15 is 4.39 Å². The number of rotatable bonds is 11. The predicted octanol–water partition coefficient (Wildman–Crippen LogP) is 8.73. The number of carboxylic acids is 1. The van der Waals surface area contributed by atoms with E-state index in [1.165, 1.54) is 18.9 Å². The van der Waals surface area contributed by atoms with E-state index in [4.69, 9.17) is 9.47 Å². The van der Waals surface area contributed by atoms with Crippen LogP contribution in [-0.2, 0) is 11.4 Å². The van der Waals surface area contributed by atoms with Crippen molar-refractivity contribution in [2.45, 2.75) is 77.2 Å². The lowest BCUT2D eigenvalue weighted by Crippen LogP contribution is -2.17. The second-order valence-corrected chi connectivity index (χ2v) is 12.0. The SMILES string of the molecule is COc1ccc(F)c(-c2ccc(COc3cccc([C@@H](CC(=O)O)CC4CC4)c3)cc2[C@@H]2CCCC2(C)C)c1. The van der Waals surface area contributed by atoms with Crippen LogP contribution < -0.4 is 9.47 Å². The third kappa shape index (κ3) is 6.46. The fourth-order valence-electron chi connectivity index (χ4n) is 6.31. The smallest absolute Gasteiger partial charge is 0.303 e. The zero-order chi connectivity index (χ0) is 27.6. The van der Waals surface area contributed by atoms with Gasteiger partial charge in [-0.1, -0.05) is 63.4 Å². The maximum Gasteiger partial charge on any atom is 0.303 e. The predicted molar refractivity (Wildman–Crippen MR) is 152 cm³/mol. The minimum Gasteiger partial charge on any atom is -0.497 e. The Morgan fingerprint density at radius 1 is 1.03 bits per heavy atom. The van der Waals surface area contributed by atoms with Gasteiger partial charge in [0, 0.05) is 5.56 Å². The Hall–Kier alpha value is -3.34. The lowest BCUT2D eigenvalue weighted by molar-refractivity contribution is -0.137. The minimum atomic E-state index is -0.762. The number of benzene rings is 3. The molecule has 0 bridgehead atoms. The summed E-state index contributed by atoms with van der Waals surface area (Å²) in [5.41, 5.74) is 4.81. The molecule has 0 heterocycles. The Morgan fingerprint density at radius 2 is 1.85 bits per heavy atom. The summed E-state index contributed by atoms with van der Waals surface area (Å²) in [5.74, 6) is 1.33. The van der Waals surface area contributed by atoms with Crippen molar-refractivity contribution in [3.8, 4) is 22.6 Å². The van der Waals surface area contributed by atoms with Gasteiger partial charge in [-0.05, 0) is 95.0 Å². The number of aliphatic carboxylic acids is 1. The summed E-state index contributed by atoms with van der Waals surface area (Å²) in [5, 5.41) is 9.44. The van der Waals surface area contributed by atoms with Gasteiger partial charge in [-0.25, -0.2) is 4.39 Å². The first-order chi connectivity index (χ1) is 18.7. The van der Waals surface area contributed by atoms with Gasteiger partial charge in [0.1, 0.15) is 23.9 Å². The molecule has 0 spiro atoms. The first-order valence-corrected chi connectivity index (χ1v) is 14.1. The molecule has 0 unspecified atom stereocenters. The highest BCUT2D eigenvalue weighted by molar-refractivity contribution is 5.71. The molecule has 0 saturated heterocycles. The molecule has 4 nitrogen and oxygen atoms in total. The average molecular weight is 531 g/mol. The van der Waals surface area contributed by atoms with E-state index in [0.29, 0.717) is 29.8 Å². The largest absolute Gasteiger partial charge is 0.497 e. The third-order valence-corrected chi connectivity index (χ3v) is 8.68. The highest BCUT2D eigenvalue weighted by Crippen LogP contribution is 2.51. The van der Waals surface area contributed by atoms with Crippen LogP contribution in [0.1, 0.15) is 87.3 Å². The van der Waals surface area contributed by atoms with Crippen molar-refractivity contribution in [3.63, 3.8) is 0 Å². The van der Waals surface area contributed by atoms with Crippen molar-refractivity contribution in [1.29, 1.82) is 0 Å². The summed E-state index contributed by atoms with van der Waals surface area (Å²) in [4.78, 5) is 11.5. The molecule has 39 heavy (non-hydrogen) atoms. The number of carboxylic acid groups (broad SMARTS) is 1. The molecule has 2 aliphatic carbocycles. The van der Waals surface area contributed by atoms with Crippen LogP contribution in [0.5, 0.6) is 11.5 Å². The summed E-state index contributed by atoms with van der Waals surface area (Å²) in [7, 11) is 1.60. The third-order valence-electron chi connectivity index (χ3n) is 8.68. The number of carbonyl (C=O) groups is 1. The molecule has 3 aromatic rings. The van der Waals surface area contributed by atoms with Crippen LogP contribution in [-0.4, -0.2) is 18.2 Å². The van der Waals surface area contributed by atoms with Gasteiger partial charge in [-0.3, -0.25) is 4.79 Å². The molecular formula is C34H39FO4. The summed E-state index contributed by atoms with van der Waals surface area (Å²) in [6.07, 6.45) is 6.82. The maximum absolute atomic E-state index is 15.1. The van der Waals surface area contributed by atoms with Crippen molar-refractivity contribution < 1.29 is 23.8 Å². The monoisotopic (exact) mass is 530 g/mol. The fourth-order valence-corrected chi connectivity index (χ4v) is 6.31. The molecule has 2 fully saturated rings. The van der Waals surface area contributed by atoms with Gasteiger partial charge in [0.2, 0.25) is 0 Å². The van der Waals surface area contributed by atoms with Crippen LogP contribution in [0.25, 0.3) is 11.1 Å². The number of hydrogen-bond acceptors (Lipinski definition) is 3. The van der Waals surface area contributed by atoms with Crippen molar-refractivity contribution in [2.75, 3.05) is 7.11 Å². The van der Waals surface area contributed by atoms with Gasteiger partial charge in [0.15, 0.2) is 0 Å². The Balaban J connectivity index is 1.41. The van der Waals surface area contributed by atoms with E-state index in [1.807, 2.05) is 36.4 Å². The molecule has 0 radical (unpaired) electrons. The van der Waals surface area contributed by atoms with E-state index in [9.17, 15) is 9.90 Å². The van der Waals surface area contributed by atoms with E-state index in [2.05, 4.69) is 19.9 Å². The first-order valence-electron chi connectivity index (χ1n) is 14.1. The summed E-state index contributed by atoms with van der Waals surface area (Å²) in [6, 6.07) is 19.0. The van der Waals surface area contributed by atoms with Gasteiger partial charge in [-0.2, -0.15) is 0 Å². The quantitative estimate of drug-likeness (QED) is 0.269. The minimum absolute atomic E-state index is 0.00629. The van der Waals surface area contributed by atoms with Gasteiger partial charge < -0.3 is 14.6 Å². The molecule has 2 aliphatic rings. The highest BCUT2D eigenvalue weighted by atomic mass is 19.1. The van der Waals surface area contributed by atoms with Crippen LogP contribution in [0, 0.1) is 17.2 Å². The average Bonchev–Trinajstić information content (AvgIpc) is 3.66. The van der Waals surface area contributed by atoms with Crippen molar-refractivity contribution >= 4 is 5.97 Å². The molecule has 0 aromatic heterocycles. The molecule has 0 amide bonds. The van der Waals surface area contributed by atoms with Gasteiger partial charge in [0.05, 0.1) is 13.5 Å². The number of methoxy groups -OCH3 is 1. The van der Waals surface area contributed by atoms with Crippen LogP contribution in [0.2, 0.25) is 0 Å². The van der Waals surface area contributed by atoms with Crippen LogP contribution >= 0.6 is 0 Å². The molecule has 2 saturated carbocycles. The lowest BCUT2D eigenvalue weighted by Gasteiger charge is -2.30. The van der Waals surface area contributed by atoms with Gasteiger partial charge in [0.25, 0.3) is 0 Å². The molecule has 2 atom stereocenters. The molecule has 3 aromatic carbocycles. The summed E-state index contributed by atoms with van der Waals surface area (Å²) in [6.45, 7) is 5.00. The second kappa shape index (κ2) is 11.4. The highest BCUT2D eigenvalue weighted by Gasteiger charge is 2.37. The Kier molecular flexibility index (Phi) is 7.97. The first kappa shape index (κ1) is 27.2. The van der Waals surface area contributed by atoms with E-state index in [1.54, 1.807) is 19.2 Å². The zero-order valence-corrected chi connectivity index (χ0v) is 23.2. The number of halogens is 1. The standard InChI is InChI=1S/C34H39FO4/c1-34(2)15-5-8-31(34)29-17-23(11-13-28(29)30-20-26(38-3)12-14-32(30)35)21-39-27-7-4-6-24(18-27)25(19-33(36)37)16-22-9-10-22/h4,6-7,11-14,17-18,20,22,25,31H,5,8-10,15-16,19,21H2,1-3H3,(H,36,37)/t25-,31+/m1/s1. The van der Waals surface area contributed by atoms with Crippen molar-refractivity contribution in [1.82, 2.24) is 0 Å². The number of hydrogen-bond donors (Lipinski definition) is 1. The fraction of sp³-hybridized carbons (Fsp3) is 0.441. The van der Waals surface area contributed by atoms with Crippen LogP contribution in [0.4, 0.5) is 4.39 Å². The molecule has 1 N–H and O–H groups in total. The van der Waals surface area contributed by atoms with Crippen molar-refractivity contribution in [2.24, 2.45) is 11.3 Å². The normalized spacial score (nSPS) is 19.0. The van der Waals surface area contributed by atoms with E-state index in [0.717, 1.165) is 53.7 Å². The molecule has 206 valence electrons. The lowest BCUT2D eigenvalue weighted by atomic mass is 9.75. The molecular weight excluding hydrogens is 491 g/mol. The maximum atomic E-state index is 15.1. The van der Waals surface area contributed by atoms with Gasteiger partial charge >= 0.3 is 5.97 Å². The van der Waals surface area contributed by atoms with Gasteiger partial charge in [-0.15, -0.1) is 0 Å². The summed E-state index contributed by atoms with van der Waals surface area (Å²) >= 11 is 0. The van der Waals surface area contributed by atoms with Crippen LogP contribution in [0.15, 0.2) is 60.7 Å². The summed E-state index contributed by atoms with van der Waals surface area (Å²) < 4.78 is 26.7. The Bertz CT molecular complexity index is 1330. The molecule has 5 heteroatoms. The Morgan fingerprint density at radius 3 is 2.54 bits per heavy atom. The Labute approximate surface area is 231 Å². The zero-order valence-electron chi connectivity index (χ0n) is 23.2. The molecule has 0 aliphatic heterocycles. The van der Waals surface area contributed by atoms with E-state index < -0.39 is 5.97 Å². The van der Waals surface area contributed by atoms with E-state index in [-0.39, 0.29) is 23.6 Å². The second-order valence-electron chi connectivity index (χ2n) is 12.0. The molecule has 5 rings (SSSR count). The van der Waals surface area contributed by atoms with Crippen LogP contribution in [0.3, 0.4) is 0 Å². The topological polar surface area (TPSA) is 55.8 Å². The number of ether oxygens (including phenoxy) is 2.